The van der Waals surface area contributed by atoms with E-state index >= 15 is 0 Å². The van der Waals surface area contributed by atoms with Crippen LogP contribution in [0, 0.1) is 5.41 Å². The van der Waals surface area contributed by atoms with Gasteiger partial charge in [-0.05, 0) is 81.7 Å². The lowest BCUT2D eigenvalue weighted by molar-refractivity contribution is -0.142. The third-order valence-electron chi connectivity index (χ3n) is 9.45. The van der Waals surface area contributed by atoms with Crippen LogP contribution in [0.1, 0.15) is 64.5 Å². The van der Waals surface area contributed by atoms with Crippen molar-refractivity contribution in [3.8, 4) is 0 Å². The number of ether oxygens (including phenoxy) is 1. The molecule has 262 valence electrons. The maximum atomic E-state index is 14.5. The number of hydrogen-bond acceptors (Lipinski definition) is 5. The summed E-state index contributed by atoms with van der Waals surface area (Å²) in [4.78, 5) is 57.7. The Morgan fingerprint density at radius 3 is 2.27 bits per heavy atom. The molecule has 0 radical (unpaired) electrons. The Hall–Kier alpha value is -4.60. The van der Waals surface area contributed by atoms with Crippen molar-refractivity contribution >= 4 is 34.7 Å². The minimum absolute atomic E-state index is 0.0469. The van der Waals surface area contributed by atoms with E-state index in [2.05, 4.69) is 22.0 Å². The van der Waals surface area contributed by atoms with Crippen LogP contribution in [0.15, 0.2) is 72.8 Å². The topological polar surface area (TPSA) is 120 Å². The van der Waals surface area contributed by atoms with Crippen molar-refractivity contribution in [1.82, 2.24) is 25.8 Å². The molecule has 0 aromatic heterocycles. The molecule has 3 N–H and O–H groups in total. The summed E-state index contributed by atoms with van der Waals surface area (Å²) in [6, 6.07) is 22.9. The molecule has 5 rings (SSSR count). The summed E-state index contributed by atoms with van der Waals surface area (Å²) in [5.74, 6) is -0.237. The molecule has 3 aromatic carbocycles. The van der Waals surface area contributed by atoms with Crippen LogP contribution in [0.2, 0.25) is 0 Å². The first-order chi connectivity index (χ1) is 23.4. The summed E-state index contributed by atoms with van der Waals surface area (Å²) in [5, 5.41) is 11.2. The Morgan fingerprint density at radius 2 is 1.57 bits per heavy atom. The fourth-order valence-corrected chi connectivity index (χ4v) is 7.03. The van der Waals surface area contributed by atoms with Crippen LogP contribution in [0.4, 0.5) is 9.59 Å². The van der Waals surface area contributed by atoms with E-state index in [1.54, 1.807) is 9.80 Å². The molecule has 2 aliphatic heterocycles. The van der Waals surface area contributed by atoms with Crippen molar-refractivity contribution in [3.63, 3.8) is 0 Å². The summed E-state index contributed by atoms with van der Waals surface area (Å²) in [7, 11) is 0. The summed E-state index contributed by atoms with van der Waals surface area (Å²) in [6.07, 6.45) is 2.89. The Bertz CT molecular complexity index is 1610. The number of alkyl carbamates (subject to hydrolysis) is 1. The standard InChI is InChI=1S/C39H51N5O5/c1-5-40-35(46)39(26-28-12-7-6-8-13-28)20-11-21-44(27-39)34(45)33(25-29-16-17-30-14-9-10-15-31(30)24-29)42-36(47)43-22-18-32(19-23-43)41-37(48)49-38(2,3)4/h6-10,12-17,24,32-33H,5,11,18-23,25-27H2,1-4H3,(H,40,46)(H,41,48)(H,42,47)/t33-,39+/m1/s1. The minimum Gasteiger partial charge on any atom is -0.444 e. The molecule has 2 fully saturated rings. The van der Waals surface area contributed by atoms with Crippen molar-refractivity contribution < 1.29 is 23.9 Å². The number of benzene rings is 3. The second-order valence-electron chi connectivity index (χ2n) is 14.5. The number of fused-ring (bicyclic) bond motifs is 1. The summed E-state index contributed by atoms with van der Waals surface area (Å²) in [5.41, 5.74) is 0.626. The van der Waals surface area contributed by atoms with Crippen LogP contribution in [0.25, 0.3) is 10.8 Å². The maximum absolute atomic E-state index is 14.5. The van der Waals surface area contributed by atoms with Crippen LogP contribution in [0.3, 0.4) is 0 Å². The highest BCUT2D eigenvalue weighted by Crippen LogP contribution is 2.35. The number of carbonyl (C=O) groups excluding carboxylic acids is 4. The summed E-state index contributed by atoms with van der Waals surface area (Å²) in [6.45, 7) is 9.54. The highest BCUT2D eigenvalue weighted by molar-refractivity contribution is 5.90. The zero-order valence-corrected chi connectivity index (χ0v) is 29.3. The van der Waals surface area contributed by atoms with Crippen LogP contribution < -0.4 is 16.0 Å². The molecule has 0 unspecified atom stereocenters. The highest BCUT2D eigenvalue weighted by atomic mass is 16.6. The molecule has 2 heterocycles. The predicted molar refractivity (Wildman–Crippen MR) is 191 cm³/mol. The van der Waals surface area contributed by atoms with Crippen LogP contribution >= 0.6 is 0 Å². The molecular formula is C39H51N5O5. The fourth-order valence-electron chi connectivity index (χ4n) is 7.03. The van der Waals surface area contributed by atoms with E-state index in [9.17, 15) is 19.2 Å². The first kappa shape index (κ1) is 35.7. The number of likely N-dealkylation sites (tertiary alicyclic amines) is 2. The van der Waals surface area contributed by atoms with Gasteiger partial charge in [0.05, 0.1) is 5.41 Å². The van der Waals surface area contributed by atoms with Gasteiger partial charge < -0.3 is 30.5 Å². The van der Waals surface area contributed by atoms with Crippen molar-refractivity contribution in [2.24, 2.45) is 5.41 Å². The minimum atomic E-state index is -0.826. The van der Waals surface area contributed by atoms with E-state index in [0.717, 1.165) is 21.9 Å². The summed E-state index contributed by atoms with van der Waals surface area (Å²) < 4.78 is 5.40. The number of nitrogens with one attached hydrogen (secondary N) is 3. The van der Waals surface area contributed by atoms with Crippen molar-refractivity contribution in [2.75, 3.05) is 32.7 Å². The maximum Gasteiger partial charge on any atom is 0.407 e. The number of urea groups is 1. The third-order valence-corrected chi connectivity index (χ3v) is 9.45. The second kappa shape index (κ2) is 15.7. The van der Waals surface area contributed by atoms with Gasteiger partial charge in [0.1, 0.15) is 11.6 Å². The second-order valence-corrected chi connectivity index (χ2v) is 14.5. The number of rotatable bonds is 9. The lowest BCUT2D eigenvalue weighted by Crippen LogP contribution is -2.59. The molecule has 0 bridgehead atoms. The van der Waals surface area contributed by atoms with Gasteiger partial charge >= 0.3 is 12.1 Å². The van der Waals surface area contributed by atoms with E-state index in [1.165, 1.54) is 0 Å². The number of nitrogens with zero attached hydrogens (tertiary/aromatic N) is 2. The predicted octanol–water partition coefficient (Wildman–Crippen LogP) is 5.44. The van der Waals surface area contributed by atoms with Gasteiger partial charge in [-0.1, -0.05) is 72.8 Å². The lowest BCUT2D eigenvalue weighted by Gasteiger charge is -2.43. The van der Waals surface area contributed by atoms with E-state index < -0.39 is 23.2 Å². The molecule has 3 aromatic rings. The van der Waals surface area contributed by atoms with Gasteiger partial charge in [0.2, 0.25) is 11.8 Å². The number of hydrogen-bond donors (Lipinski definition) is 3. The quantitative estimate of drug-likeness (QED) is 0.281. The number of amides is 5. The number of carbonyl (C=O) groups is 4. The smallest absolute Gasteiger partial charge is 0.407 e. The Labute approximate surface area is 289 Å². The van der Waals surface area contributed by atoms with Crippen molar-refractivity contribution in [1.29, 1.82) is 0 Å². The zero-order chi connectivity index (χ0) is 35.0. The first-order valence-electron chi connectivity index (χ1n) is 17.6. The average molecular weight is 670 g/mol. The van der Waals surface area contributed by atoms with E-state index in [1.807, 2.05) is 94.4 Å². The molecule has 49 heavy (non-hydrogen) atoms. The van der Waals surface area contributed by atoms with Gasteiger partial charge in [-0.25, -0.2) is 9.59 Å². The first-order valence-corrected chi connectivity index (χ1v) is 17.6. The van der Waals surface area contributed by atoms with E-state index in [4.69, 9.17) is 4.74 Å². The third kappa shape index (κ3) is 9.52. The van der Waals surface area contributed by atoms with Crippen molar-refractivity contribution in [3.05, 3.63) is 83.9 Å². The summed E-state index contributed by atoms with van der Waals surface area (Å²) >= 11 is 0. The molecule has 2 aliphatic rings. The number of piperidine rings is 2. The van der Waals surface area contributed by atoms with E-state index in [-0.39, 0.29) is 30.4 Å². The SMILES string of the molecule is CCNC(=O)[C@]1(Cc2ccccc2)CCCN(C(=O)[C@@H](Cc2ccc3ccccc3c2)NC(=O)N2CCC(NC(=O)OC(C)(C)C)CC2)C1. The molecule has 5 amide bonds. The lowest BCUT2D eigenvalue weighted by atomic mass is 9.74. The van der Waals surface area contributed by atoms with Gasteiger partial charge in [0.25, 0.3) is 0 Å². The van der Waals surface area contributed by atoms with Crippen LogP contribution in [-0.4, -0.2) is 84.1 Å². The normalized spacial score (nSPS) is 19.2. The average Bonchev–Trinajstić information content (AvgIpc) is 3.07. The molecule has 10 heteroatoms. The highest BCUT2D eigenvalue weighted by Gasteiger charge is 2.44. The van der Waals surface area contributed by atoms with Crippen LogP contribution in [0.5, 0.6) is 0 Å². The Morgan fingerprint density at radius 1 is 0.878 bits per heavy atom. The molecule has 0 aliphatic carbocycles. The molecular weight excluding hydrogens is 618 g/mol. The molecule has 2 atom stereocenters. The van der Waals surface area contributed by atoms with Gasteiger partial charge in [-0.15, -0.1) is 0 Å². The monoisotopic (exact) mass is 669 g/mol. The van der Waals surface area contributed by atoms with Gasteiger partial charge in [0.15, 0.2) is 0 Å². The fraction of sp³-hybridized carbons (Fsp3) is 0.487. The largest absolute Gasteiger partial charge is 0.444 e. The van der Waals surface area contributed by atoms with Gasteiger partial charge in [-0.2, -0.15) is 0 Å². The van der Waals surface area contributed by atoms with E-state index in [0.29, 0.717) is 64.7 Å². The Balaban J connectivity index is 1.33. The van der Waals surface area contributed by atoms with Crippen molar-refractivity contribution in [2.45, 2.75) is 83.9 Å². The van der Waals surface area contributed by atoms with Gasteiger partial charge in [0, 0.05) is 45.2 Å². The molecule has 10 nitrogen and oxygen atoms in total. The van der Waals surface area contributed by atoms with Gasteiger partial charge in [-0.3, -0.25) is 9.59 Å². The van der Waals surface area contributed by atoms with Crippen LogP contribution in [-0.2, 0) is 27.2 Å². The molecule has 0 spiro atoms. The molecule has 0 saturated carbocycles. The zero-order valence-electron chi connectivity index (χ0n) is 29.3. The molecule has 2 saturated heterocycles. The Kier molecular flexibility index (Phi) is 11.5.